The number of amides is 1. The first-order valence-electron chi connectivity index (χ1n) is 5.51. The van der Waals surface area contributed by atoms with Gasteiger partial charge in [-0.25, -0.2) is 5.43 Å². The van der Waals surface area contributed by atoms with Gasteiger partial charge in [0.1, 0.15) is 0 Å². The van der Waals surface area contributed by atoms with Crippen LogP contribution in [0.4, 0.5) is 0 Å². The number of carbonyl (C=O) groups excluding carboxylic acids is 1. The number of hydrazone groups is 1. The average molecular weight is 259 g/mol. The maximum absolute atomic E-state index is 11.6. The van der Waals surface area contributed by atoms with E-state index in [4.69, 9.17) is 0 Å². The van der Waals surface area contributed by atoms with Crippen molar-refractivity contribution in [1.82, 2.24) is 10.4 Å². The first-order valence-corrected chi connectivity index (χ1v) is 6.39. The highest BCUT2D eigenvalue weighted by Crippen LogP contribution is 2.08. The first kappa shape index (κ1) is 12.4. The van der Waals surface area contributed by atoms with Gasteiger partial charge in [0.15, 0.2) is 0 Å². The van der Waals surface area contributed by atoms with Gasteiger partial charge in [0.2, 0.25) is 5.91 Å². The van der Waals surface area contributed by atoms with E-state index in [0.29, 0.717) is 6.42 Å². The molecular formula is C13H13N3OS. The van der Waals surface area contributed by atoms with Gasteiger partial charge in [0.25, 0.3) is 0 Å². The SMILES string of the molecule is C/C(=N/NC(=O)Cc1cccs1)c1ccncc1. The molecule has 4 nitrogen and oxygen atoms in total. The zero-order valence-electron chi connectivity index (χ0n) is 9.96. The molecule has 1 N–H and O–H groups in total. The lowest BCUT2D eigenvalue weighted by Crippen LogP contribution is -2.20. The van der Waals surface area contributed by atoms with Gasteiger partial charge in [-0.15, -0.1) is 11.3 Å². The van der Waals surface area contributed by atoms with Crippen LogP contribution in [0.2, 0.25) is 0 Å². The van der Waals surface area contributed by atoms with E-state index in [1.165, 1.54) is 0 Å². The van der Waals surface area contributed by atoms with E-state index in [0.717, 1.165) is 16.2 Å². The molecule has 2 aromatic rings. The van der Waals surface area contributed by atoms with E-state index in [1.807, 2.05) is 36.6 Å². The zero-order valence-corrected chi connectivity index (χ0v) is 10.8. The number of nitrogens with one attached hydrogen (secondary N) is 1. The van der Waals surface area contributed by atoms with Crippen LogP contribution in [0.5, 0.6) is 0 Å². The number of hydrogen-bond acceptors (Lipinski definition) is 4. The lowest BCUT2D eigenvalue weighted by Gasteiger charge is -2.01. The Hall–Kier alpha value is -2.01. The summed E-state index contributed by atoms with van der Waals surface area (Å²) in [7, 11) is 0. The van der Waals surface area contributed by atoms with Crippen LogP contribution in [-0.2, 0) is 11.2 Å². The largest absolute Gasteiger partial charge is 0.273 e. The summed E-state index contributed by atoms with van der Waals surface area (Å²) in [6.45, 7) is 1.85. The number of thiophene rings is 1. The van der Waals surface area contributed by atoms with E-state index < -0.39 is 0 Å². The number of aromatic nitrogens is 1. The molecule has 0 bridgehead atoms. The second kappa shape index (κ2) is 6.07. The second-order valence-corrected chi connectivity index (χ2v) is 4.76. The van der Waals surface area contributed by atoms with E-state index in [-0.39, 0.29) is 5.91 Å². The van der Waals surface area contributed by atoms with Crippen molar-refractivity contribution in [2.24, 2.45) is 5.10 Å². The minimum absolute atomic E-state index is 0.106. The summed E-state index contributed by atoms with van der Waals surface area (Å²) in [5, 5.41) is 6.02. The molecule has 18 heavy (non-hydrogen) atoms. The number of rotatable bonds is 4. The Kier molecular flexibility index (Phi) is 4.20. The molecule has 0 saturated carbocycles. The predicted molar refractivity (Wildman–Crippen MR) is 72.6 cm³/mol. The van der Waals surface area contributed by atoms with Gasteiger partial charge in [-0.1, -0.05) is 6.07 Å². The van der Waals surface area contributed by atoms with E-state index in [9.17, 15) is 4.79 Å². The summed E-state index contributed by atoms with van der Waals surface area (Å²) >= 11 is 1.56. The number of hydrogen-bond donors (Lipinski definition) is 1. The molecule has 0 aliphatic rings. The summed E-state index contributed by atoms with van der Waals surface area (Å²) in [5.41, 5.74) is 4.26. The van der Waals surface area contributed by atoms with Gasteiger partial charge in [-0.3, -0.25) is 9.78 Å². The molecule has 5 heteroatoms. The zero-order chi connectivity index (χ0) is 12.8. The van der Waals surface area contributed by atoms with Crippen molar-refractivity contribution in [2.45, 2.75) is 13.3 Å². The summed E-state index contributed by atoms with van der Waals surface area (Å²) < 4.78 is 0. The van der Waals surface area contributed by atoms with Gasteiger partial charge >= 0.3 is 0 Å². The maximum Gasteiger partial charge on any atom is 0.245 e. The van der Waals surface area contributed by atoms with Crippen molar-refractivity contribution in [3.05, 3.63) is 52.5 Å². The summed E-state index contributed by atoms with van der Waals surface area (Å²) in [5.74, 6) is -0.106. The number of pyridine rings is 1. The molecule has 2 rings (SSSR count). The van der Waals surface area contributed by atoms with Crippen molar-refractivity contribution in [2.75, 3.05) is 0 Å². The number of nitrogens with zero attached hydrogens (tertiary/aromatic N) is 2. The summed E-state index contributed by atoms with van der Waals surface area (Å²) in [6, 6.07) is 7.57. The molecule has 0 fully saturated rings. The van der Waals surface area contributed by atoms with Gasteiger partial charge in [0.05, 0.1) is 12.1 Å². The highest BCUT2D eigenvalue weighted by Gasteiger charge is 2.03. The standard InChI is InChI=1S/C13H13N3OS/c1-10(11-4-6-14-7-5-11)15-16-13(17)9-12-3-2-8-18-12/h2-8H,9H2,1H3,(H,16,17)/b15-10-. The van der Waals surface area contributed by atoms with Crippen LogP contribution in [0.25, 0.3) is 0 Å². The molecule has 0 atom stereocenters. The van der Waals surface area contributed by atoms with Crippen LogP contribution in [0, 0.1) is 0 Å². The van der Waals surface area contributed by atoms with Gasteiger partial charge < -0.3 is 0 Å². The Morgan fingerprint density at radius 2 is 2.17 bits per heavy atom. The molecule has 92 valence electrons. The third-order valence-corrected chi connectivity index (χ3v) is 3.24. The Morgan fingerprint density at radius 3 is 2.83 bits per heavy atom. The van der Waals surface area contributed by atoms with Crippen molar-refractivity contribution in [1.29, 1.82) is 0 Å². The topological polar surface area (TPSA) is 54.4 Å². The van der Waals surface area contributed by atoms with Crippen molar-refractivity contribution in [3.63, 3.8) is 0 Å². The number of carbonyl (C=O) groups is 1. The normalized spacial score (nSPS) is 11.3. The molecule has 0 aliphatic heterocycles. The Labute approximate surface area is 109 Å². The third-order valence-electron chi connectivity index (χ3n) is 2.36. The molecule has 0 aliphatic carbocycles. The smallest absolute Gasteiger partial charge is 0.245 e. The van der Waals surface area contributed by atoms with Crippen molar-refractivity contribution >= 4 is 23.0 Å². The summed E-state index contributed by atoms with van der Waals surface area (Å²) in [6.07, 6.45) is 3.76. The molecule has 0 spiro atoms. The minimum atomic E-state index is -0.106. The molecule has 1 amide bonds. The Balaban J connectivity index is 1.92. The van der Waals surface area contributed by atoms with Crippen LogP contribution < -0.4 is 5.43 Å². The lowest BCUT2D eigenvalue weighted by molar-refractivity contribution is -0.120. The van der Waals surface area contributed by atoms with Crippen LogP contribution in [0.15, 0.2) is 47.1 Å². The van der Waals surface area contributed by atoms with Crippen LogP contribution in [0.3, 0.4) is 0 Å². The molecular weight excluding hydrogens is 246 g/mol. The fourth-order valence-electron chi connectivity index (χ4n) is 1.41. The monoisotopic (exact) mass is 259 g/mol. The fourth-order valence-corrected chi connectivity index (χ4v) is 2.12. The molecule has 2 aromatic heterocycles. The second-order valence-electron chi connectivity index (χ2n) is 3.72. The van der Waals surface area contributed by atoms with Crippen LogP contribution in [0.1, 0.15) is 17.4 Å². The highest BCUT2D eigenvalue weighted by atomic mass is 32.1. The summed E-state index contributed by atoms with van der Waals surface area (Å²) in [4.78, 5) is 16.6. The molecule has 0 saturated heterocycles. The van der Waals surface area contributed by atoms with Gasteiger partial charge in [0, 0.05) is 22.8 Å². The predicted octanol–water partition coefficient (Wildman–Crippen LogP) is 2.23. The fraction of sp³-hybridized carbons (Fsp3) is 0.154. The Morgan fingerprint density at radius 1 is 1.39 bits per heavy atom. The van der Waals surface area contributed by atoms with Crippen molar-refractivity contribution in [3.8, 4) is 0 Å². The first-order chi connectivity index (χ1) is 8.75. The van der Waals surface area contributed by atoms with Crippen LogP contribution >= 0.6 is 11.3 Å². The van der Waals surface area contributed by atoms with Gasteiger partial charge in [-0.05, 0) is 30.5 Å². The van der Waals surface area contributed by atoms with E-state index in [2.05, 4.69) is 15.5 Å². The quantitative estimate of drug-likeness (QED) is 0.676. The molecule has 0 unspecified atom stereocenters. The van der Waals surface area contributed by atoms with E-state index >= 15 is 0 Å². The van der Waals surface area contributed by atoms with Gasteiger partial charge in [-0.2, -0.15) is 5.10 Å². The van der Waals surface area contributed by atoms with Crippen molar-refractivity contribution < 1.29 is 4.79 Å². The molecule has 0 aromatic carbocycles. The average Bonchev–Trinajstić information content (AvgIpc) is 2.90. The van der Waals surface area contributed by atoms with E-state index in [1.54, 1.807) is 23.7 Å². The van der Waals surface area contributed by atoms with Crippen LogP contribution in [-0.4, -0.2) is 16.6 Å². The molecule has 2 heterocycles. The third kappa shape index (κ3) is 3.49. The lowest BCUT2D eigenvalue weighted by atomic mass is 10.2. The minimum Gasteiger partial charge on any atom is -0.273 e. The highest BCUT2D eigenvalue weighted by molar-refractivity contribution is 7.10. The maximum atomic E-state index is 11.6. The molecule has 0 radical (unpaired) electrons. The Bertz CT molecular complexity index is 535.